The third-order valence-electron chi connectivity index (χ3n) is 14.8. The zero-order valence-corrected chi connectivity index (χ0v) is 44.6. The Morgan fingerprint density at radius 3 is 2.03 bits per heavy atom. The fourth-order valence-corrected chi connectivity index (χ4v) is 10.2. The van der Waals surface area contributed by atoms with Gasteiger partial charge in [0.05, 0.1) is 36.6 Å². The summed E-state index contributed by atoms with van der Waals surface area (Å²) in [6, 6.07) is -5.03. The van der Waals surface area contributed by atoms with Gasteiger partial charge in [0.1, 0.15) is 48.2 Å². The molecule has 1 aromatic rings. The molecule has 76 heavy (non-hydrogen) atoms. The Kier molecular flexibility index (Phi) is 26.2. The number of benzene rings is 1. The highest BCUT2D eigenvalue weighted by Crippen LogP contribution is 2.26. The Morgan fingerprint density at radius 1 is 0.737 bits per heavy atom. The molecular weight excluding hydrogens is 989 g/mol. The number of aliphatic hydroxyl groups excluding tert-OH is 6. The van der Waals surface area contributed by atoms with Crippen molar-refractivity contribution in [2.75, 3.05) is 32.7 Å². The molecule has 24 nitrogen and oxygen atoms in total. The number of nitrogens with one attached hydrogen (secondary N) is 6. The van der Waals surface area contributed by atoms with Crippen LogP contribution in [0.1, 0.15) is 136 Å². The molecule has 17 N–H and O–H groups in total. The number of aliphatic hydroxyl groups is 6. The number of phenolic OH excluding ortho intramolecular Hbond substituents is 1. The Morgan fingerprint density at radius 2 is 1.38 bits per heavy atom. The molecule has 430 valence electrons. The molecule has 3 saturated heterocycles. The number of carbonyl (C=O) groups is 7. The Bertz CT molecular complexity index is 2040. The van der Waals surface area contributed by atoms with Crippen LogP contribution in [0.15, 0.2) is 24.3 Å². The van der Waals surface area contributed by atoms with Crippen LogP contribution in [0.25, 0.3) is 0 Å². The van der Waals surface area contributed by atoms with Crippen LogP contribution in [0.4, 0.5) is 0 Å². The van der Waals surface area contributed by atoms with E-state index in [0.29, 0.717) is 18.3 Å². The molecule has 0 aromatic heterocycles. The molecule has 0 bridgehead atoms. The lowest BCUT2D eigenvalue weighted by molar-refractivity contribution is -0.147. The van der Waals surface area contributed by atoms with Gasteiger partial charge in [-0.2, -0.15) is 0 Å². The van der Waals surface area contributed by atoms with Gasteiger partial charge in [-0.1, -0.05) is 77.8 Å². The summed E-state index contributed by atoms with van der Waals surface area (Å²) in [4.78, 5) is 102. The van der Waals surface area contributed by atoms with Crippen LogP contribution in [0.5, 0.6) is 5.75 Å². The van der Waals surface area contributed by atoms with Crippen molar-refractivity contribution in [1.29, 1.82) is 0 Å². The van der Waals surface area contributed by atoms with E-state index in [1.807, 2.05) is 0 Å². The van der Waals surface area contributed by atoms with Gasteiger partial charge in [-0.25, -0.2) is 0 Å². The number of fused-ring (bicyclic) bond motifs is 2. The molecule has 3 aliphatic heterocycles. The zero-order valence-electron chi connectivity index (χ0n) is 44.6. The summed E-state index contributed by atoms with van der Waals surface area (Å²) in [5.74, 6) is -5.67. The first-order valence-corrected chi connectivity index (χ1v) is 27.2. The summed E-state index contributed by atoms with van der Waals surface area (Å²) < 4.78 is 0. The van der Waals surface area contributed by atoms with Crippen LogP contribution in [-0.4, -0.2) is 193 Å². The van der Waals surface area contributed by atoms with Gasteiger partial charge in [0.25, 0.3) is 0 Å². The molecule has 0 aliphatic carbocycles. The zero-order chi connectivity index (χ0) is 56.2. The average Bonchev–Trinajstić information content (AvgIpc) is 3.97. The summed E-state index contributed by atoms with van der Waals surface area (Å²) >= 11 is 0. The number of aromatic hydroxyl groups is 1. The van der Waals surface area contributed by atoms with E-state index in [1.54, 1.807) is 0 Å². The minimum atomic E-state index is -1.87. The van der Waals surface area contributed by atoms with Gasteiger partial charge in [0.15, 0.2) is 0 Å². The predicted octanol–water partition coefficient (Wildman–Crippen LogP) is -2.28. The van der Waals surface area contributed by atoms with E-state index >= 15 is 0 Å². The average molecular weight is 1080 g/mol. The molecule has 0 saturated carbocycles. The lowest BCUT2D eigenvalue weighted by Crippen LogP contribution is -2.63. The summed E-state index contributed by atoms with van der Waals surface area (Å²) in [5.41, 5.74) is 11.8. The number of rotatable bonds is 23. The van der Waals surface area contributed by atoms with Crippen LogP contribution in [0, 0.1) is 11.8 Å². The van der Waals surface area contributed by atoms with Crippen LogP contribution in [-0.2, 0) is 33.6 Å². The van der Waals surface area contributed by atoms with E-state index in [-0.39, 0.29) is 63.2 Å². The molecule has 0 unspecified atom stereocenters. The lowest BCUT2D eigenvalue weighted by Gasteiger charge is -2.34. The molecule has 7 amide bonds. The van der Waals surface area contributed by atoms with E-state index in [4.69, 9.17) is 11.5 Å². The molecule has 3 aliphatic rings. The molecule has 0 radical (unpaired) electrons. The van der Waals surface area contributed by atoms with Crippen molar-refractivity contribution in [1.82, 2.24) is 41.7 Å². The van der Waals surface area contributed by atoms with Crippen molar-refractivity contribution < 1.29 is 69.3 Å². The molecule has 0 spiro atoms. The van der Waals surface area contributed by atoms with Crippen molar-refractivity contribution in [3.63, 3.8) is 0 Å². The first-order valence-electron chi connectivity index (χ1n) is 27.2. The minimum Gasteiger partial charge on any atom is -0.508 e. The van der Waals surface area contributed by atoms with Gasteiger partial charge in [-0.05, 0) is 68.7 Å². The van der Waals surface area contributed by atoms with Crippen LogP contribution >= 0.6 is 0 Å². The predicted molar refractivity (Wildman–Crippen MR) is 279 cm³/mol. The molecular formula is C52H88N10O14. The van der Waals surface area contributed by atoms with Gasteiger partial charge in [-0.3, -0.25) is 38.9 Å². The first-order chi connectivity index (χ1) is 36.1. The van der Waals surface area contributed by atoms with Gasteiger partial charge in [0, 0.05) is 51.9 Å². The van der Waals surface area contributed by atoms with Gasteiger partial charge < -0.3 is 83.6 Å². The van der Waals surface area contributed by atoms with Crippen molar-refractivity contribution in [2.45, 2.75) is 203 Å². The Labute approximate surface area is 445 Å². The monoisotopic (exact) mass is 1080 g/mol. The highest BCUT2D eigenvalue weighted by Gasteiger charge is 2.48. The van der Waals surface area contributed by atoms with Crippen molar-refractivity contribution in [3.05, 3.63) is 29.8 Å². The second-order valence-electron chi connectivity index (χ2n) is 21.2. The fourth-order valence-electron chi connectivity index (χ4n) is 10.2. The lowest BCUT2D eigenvalue weighted by atomic mass is 9.91. The van der Waals surface area contributed by atoms with E-state index < -0.39 is 140 Å². The van der Waals surface area contributed by atoms with Crippen molar-refractivity contribution in [2.24, 2.45) is 23.3 Å². The smallest absolute Gasteiger partial charge is 0.248 e. The summed E-state index contributed by atoms with van der Waals surface area (Å²) in [6.45, 7) is 7.00. The summed E-state index contributed by atoms with van der Waals surface area (Å²) in [6.07, 6.45) is -4.13. The molecule has 3 heterocycles. The van der Waals surface area contributed by atoms with Crippen LogP contribution in [0.3, 0.4) is 0 Å². The first kappa shape index (κ1) is 63.5. The van der Waals surface area contributed by atoms with E-state index in [9.17, 15) is 69.3 Å². The number of hydrogen-bond donors (Lipinski definition) is 15. The van der Waals surface area contributed by atoms with E-state index in [0.717, 1.165) is 54.7 Å². The molecule has 24 heteroatoms. The second kappa shape index (κ2) is 31.4. The third kappa shape index (κ3) is 18.9. The van der Waals surface area contributed by atoms with E-state index in [1.165, 1.54) is 37.6 Å². The van der Waals surface area contributed by atoms with E-state index in [2.05, 4.69) is 52.7 Å². The number of phenols is 1. The maximum atomic E-state index is 14.6. The van der Waals surface area contributed by atoms with Crippen LogP contribution in [0.2, 0.25) is 0 Å². The summed E-state index contributed by atoms with van der Waals surface area (Å²) in [5, 5.41) is 93.1. The molecule has 15 atom stereocenters. The number of carbonyl (C=O) groups excluding carboxylic acids is 7. The fraction of sp³-hybridized carbons (Fsp3) is 0.750. The number of nitrogens with two attached hydrogens (primary N) is 2. The largest absolute Gasteiger partial charge is 0.508 e. The number of hydrogen-bond acceptors (Lipinski definition) is 17. The molecule has 3 fully saturated rings. The quantitative estimate of drug-likeness (QED) is 0.0513. The number of nitrogens with zero attached hydrogens (tertiary/aromatic N) is 2. The number of amides is 7. The van der Waals surface area contributed by atoms with Crippen molar-refractivity contribution in [3.8, 4) is 5.75 Å². The minimum absolute atomic E-state index is 0.00660. The van der Waals surface area contributed by atoms with Crippen LogP contribution < -0.4 is 43.4 Å². The van der Waals surface area contributed by atoms with Crippen molar-refractivity contribution >= 4 is 41.4 Å². The second-order valence-corrected chi connectivity index (χ2v) is 21.2. The Balaban J connectivity index is 1.71. The maximum Gasteiger partial charge on any atom is 0.248 e. The van der Waals surface area contributed by atoms with Gasteiger partial charge in [-0.15, -0.1) is 0 Å². The maximum absolute atomic E-state index is 14.6. The summed E-state index contributed by atoms with van der Waals surface area (Å²) in [7, 11) is 0. The highest BCUT2D eigenvalue weighted by molar-refractivity contribution is 5.98. The highest BCUT2D eigenvalue weighted by atomic mass is 16.3. The standard InChI is InChI=1S/C52H88N10O14/c1-5-29(2)24-30(3)12-10-8-6-7-9-11-13-42(70)56-35-27-41(69)46(55-22-21-54)60-50(74)45-39(67)19-23-61(45)52(76)44(38(66)18-20-53)59-48(72)36(26-40(68)32-14-16-33(64)17-15-32)57-49(73)37-25-34(65)28-62(37)51(75)43(31(4)63)58-47(35)71/h14-17,29-31,34-41,43-46,55,63-69H,5-13,18-28,53-54H2,1-4H3,(H,56,70)(H,57,73)(H,58,71)(H,59,72)(H,60,74)/t29-,30+,31+,34+,35-,36-,37-,38+,39-,40+,41+,43-,44-,45-,46-/m0/s1. The normalized spacial score (nSPS) is 28.4. The van der Waals surface area contributed by atoms with Gasteiger partial charge >= 0.3 is 0 Å². The van der Waals surface area contributed by atoms with Gasteiger partial charge in [0.2, 0.25) is 41.4 Å². The number of unbranched alkanes of at least 4 members (excludes halogenated alkanes) is 5. The molecule has 1 aromatic carbocycles. The Hall–Kier alpha value is -5.05. The third-order valence-corrected chi connectivity index (χ3v) is 14.8. The molecule has 4 rings (SSSR count). The topological polar surface area (TPSA) is 392 Å². The SMILES string of the molecule is CC[C@H](C)C[C@H](C)CCCCCCCCC(=O)N[C@H]1C[C@@H](O)[C@@H](NCCN)NC(=O)[C@@H]2[C@@H](O)CCN2C(=O)[C@H]([C@H](O)CCN)NC(=O)[C@H](C[C@@H](O)c2ccc(O)cc2)NC(=O)[C@@H]2C[C@@H](O)CN2C(=O)[C@H]([C@@H](C)O)NC1=O.